The van der Waals surface area contributed by atoms with Crippen molar-refractivity contribution in [2.24, 2.45) is 0 Å². The molecular weight excluding hydrogens is 715 g/mol. The van der Waals surface area contributed by atoms with E-state index in [2.05, 4.69) is 18.2 Å². The molecule has 0 fully saturated rings. The Morgan fingerprint density at radius 1 is 0.386 bits per heavy atom. The van der Waals surface area contributed by atoms with Crippen LogP contribution in [0.2, 0.25) is 0 Å². The molecule has 12 aromatic rings. The SMILES string of the molecule is [2H]c1cc(-c2c([2H])c([2H])c3c4c([2H])c([2H])c([2H])c([2H])c4n(-c4nc(-c5ccc(-c6ccc7sc8ccccc8c7c6)cc5)nc(-n5c6c([2H])c([2H])c([2H])c([2H])c6c6c([2H])c([2H])c([2H])c([2H])c65)n4)c3c2[2H])c([2H])c([2H])c1[2H]. The molecule has 0 saturated carbocycles. The molecule has 0 bridgehead atoms. The van der Waals surface area contributed by atoms with Gasteiger partial charge in [0, 0.05) is 47.3 Å². The van der Waals surface area contributed by atoms with Gasteiger partial charge in [-0.3, -0.25) is 9.13 Å². The molecule has 4 aromatic heterocycles. The third-order valence-electron chi connectivity index (χ3n) is 9.87. The van der Waals surface area contributed by atoms with Gasteiger partial charge in [0.2, 0.25) is 11.9 Å². The first-order valence-electron chi connectivity index (χ1n) is 27.1. The predicted molar refractivity (Wildman–Crippen MR) is 238 cm³/mol. The van der Waals surface area contributed by atoms with E-state index in [0.29, 0.717) is 0 Å². The Kier molecular flexibility index (Phi) is 4.07. The van der Waals surface area contributed by atoms with Crippen LogP contribution >= 0.6 is 11.3 Å². The largest absolute Gasteiger partial charge is 0.278 e. The van der Waals surface area contributed by atoms with Crippen LogP contribution in [0.1, 0.15) is 26.0 Å². The van der Waals surface area contributed by atoms with Gasteiger partial charge < -0.3 is 0 Å². The van der Waals surface area contributed by atoms with Crippen molar-refractivity contribution >= 4 is 75.1 Å². The van der Waals surface area contributed by atoms with Crippen LogP contribution in [0.25, 0.3) is 109 Å². The molecule has 0 radical (unpaired) electrons. The Morgan fingerprint density at radius 2 is 0.965 bits per heavy atom. The van der Waals surface area contributed by atoms with Crippen LogP contribution in [0.15, 0.2) is 188 Å². The first-order valence-corrected chi connectivity index (χ1v) is 18.4. The summed E-state index contributed by atoms with van der Waals surface area (Å²) in [4.78, 5) is 14.5. The normalized spacial score (nSPS) is 16.5. The Labute approximate surface area is 358 Å². The highest BCUT2D eigenvalue weighted by molar-refractivity contribution is 7.25. The van der Waals surface area contributed by atoms with Gasteiger partial charge in [-0.05, 0) is 64.6 Å². The molecular formula is C51H31N5S. The number of nitrogens with zero attached hydrogens (tertiary/aromatic N) is 5. The molecule has 8 aromatic carbocycles. The van der Waals surface area contributed by atoms with Crippen molar-refractivity contribution in [1.29, 1.82) is 0 Å². The number of hydrogen-bond acceptors (Lipinski definition) is 4. The van der Waals surface area contributed by atoms with Gasteiger partial charge in [-0.2, -0.15) is 15.0 Å². The molecule has 0 N–H and O–H groups in total. The van der Waals surface area contributed by atoms with Crippen molar-refractivity contribution in [1.82, 2.24) is 24.1 Å². The molecule has 0 spiro atoms. The van der Waals surface area contributed by atoms with Crippen LogP contribution in [0.5, 0.6) is 0 Å². The predicted octanol–water partition coefficient (Wildman–Crippen LogP) is 13.4. The number of aromatic nitrogens is 5. The van der Waals surface area contributed by atoms with E-state index >= 15 is 0 Å². The third-order valence-corrected chi connectivity index (χ3v) is 11.0. The zero-order chi connectivity index (χ0) is 54.0. The van der Waals surface area contributed by atoms with Crippen molar-refractivity contribution < 1.29 is 26.0 Å². The standard InChI is InChI=1S/C51H31N5S/c1-2-12-32(13-3-1)36-26-28-40-39-16-6-10-20-45(39)56(46(40)31-36)51-53-49(52-50(54-51)55-43-18-8-4-14-37(43)38-15-5-9-19-44(38)55)34-24-22-33(23-25-34)35-27-29-48-42(30-35)41-17-7-11-21-47(41)57-48/h1-31H/i1D,2D,3D,4D,5D,6D,8D,9D,10D,12D,14D,15D,16D,18D,19D,20D,26D,28D,31D. The summed E-state index contributed by atoms with van der Waals surface area (Å²) in [6.07, 6.45) is 0. The molecule has 4 heterocycles. The summed E-state index contributed by atoms with van der Waals surface area (Å²) in [7, 11) is 0. The third kappa shape index (κ3) is 5.04. The zero-order valence-corrected chi connectivity index (χ0v) is 29.9. The monoisotopic (exact) mass is 764 g/mol. The van der Waals surface area contributed by atoms with Crippen molar-refractivity contribution in [3.05, 3.63) is 188 Å². The average molecular weight is 765 g/mol. The quantitative estimate of drug-likeness (QED) is 0.175. The van der Waals surface area contributed by atoms with Crippen LogP contribution < -0.4 is 0 Å². The van der Waals surface area contributed by atoms with E-state index < -0.39 is 143 Å². The second-order valence-corrected chi connectivity index (χ2v) is 14.1. The van der Waals surface area contributed by atoms with E-state index in [1.54, 1.807) is 35.6 Å². The second kappa shape index (κ2) is 12.6. The molecule has 0 unspecified atom stereocenters. The lowest BCUT2D eigenvalue weighted by molar-refractivity contribution is 0.893. The molecule has 0 aliphatic rings. The van der Waals surface area contributed by atoms with Crippen LogP contribution in [0.3, 0.4) is 0 Å². The summed E-state index contributed by atoms with van der Waals surface area (Å²) in [6.45, 7) is 0. The maximum atomic E-state index is 9.85. The molecule has 5 nitrogen and oxygen atoms in total. The Balaban J connectivity index is 1.23. The van der Waals surface area contributed by atoms with Crippen molar-refractivity contribution in [2.75, 3.05) is 0 Å². The van der Waals surface area contributed by atoms with Gasteiger partial charge >= 0.3 is 0 Å². The van der Waals surface area contributed by atoms with E-state index in [0.717, 1.165) is 46.5 Å². The summed E-state index contributed by atoms with van der Waals surface area (Å²) >= 11 is 1.67. The maximum Gasteiger partial charge on any atom is 0.240 e. The second-order valence-electron chi connectivity index (χ2n) is 13.0. The van der Waals surface area contributed by atoms with E-state index in [-0.39, 0.29) is 49.5 Å². The summed E-state index contributed by atoms with van der Waals surface area (Å²) in [5.74, 6) is -1.24. The maximum absolute atomic E-state index is 9.85. The molecule has 0 atom stereocenters. The van der Waals surface area contributed by atoms with Gasteiger partial charge in [0.05, 0.1) is 48.1 Å². The number of benzene rings is 8. The minimum atomic E-state index is -0.753. The summed E-state index contributed by atoms with van der Waals surface area (Å²) in [5.41, 5.74) is -0.382. The summed E-state index contributed by atoms with van der Waals surface area (Å²) in [5, 5.41) is 0.874. The van der Waals surface area contributed by atoms with Crippen molar-refractivity contribution in [3.8, 4) is 45.5 Å². The van der Waals surface area contributed by atoms with Gasteiger partial charge in [-0.1, -0.05) is 145 Å². The van der Waals surface area contributed by atoms with Crippen LogP contribution in [-0.2, 0) is 0 Å². The number of para-hydroxylation sites is 3. The minimum absolute atomic E-state index is 0.189. The Bertz CT molecular complexity index is 4570. The smallest absolute Gasteiger partial charge is 0.240 e. The highest BCUT2D eigenvalue weighted by Crippen LogP contribution is 2.38. The van der Waals surface area contributed by atoms with E-state index in [1.807, 2.05) is 24.3 Å². The van der Waals surface area contributed by atoms with Crippen LogP contribution in [-0.4, -0.2) is 24.1 Å². The molecule has 6 heteroatoms. The Morgan fingerprint density at radius 3 is 1.68 bits per heavy atom. The fourth-order valence-electron chi connectivity index (χ4n) is 7.28. The van der Waals surface area contributed by atoms with E-state index in [4.69, 9.17) is 31.4 Å². The minimum Gasteiger partial charge on any atom is -0.278 e. The van der Waals surface area contributed by atoms with Gasteiger partial charge in [0.1, 0.15) is 0 Å². The fourth-order valence-corrected chi connectivity index (χ4v) is 8.37. The van der Waals surface area contributed by atoms with E-state index in [1.165, 1.54) is 0 Å². The fraction of sp³-hybridized carbons (Fsp3) is 0. The molecule has 12 rings (SSSR count). The number of rotatable bonds is 5. The summed E-state index contributed by atoms with van der Waals surface area (Å²) in [6, 6.07) is 9.26. The molecule has 0 amide bonds. The van der Waals surface area contributed by atoms with Crippen LogP contribution in [0.4, 0.5) is 0 Å². The average Bonchev–Trinajstić information content (AvgIpc) is 4.16. The number of hydrogen-bond donors (Lipinski definition) is 0. The van der Waals surface area contributed by atoms with Crippen LogP contribution in [0, 0.1) is 0 Å². The number of fused-ring (bicyclic) bond motifs is 9. The first kappa shape index (κ1) is 18.5. The highest BCUT2D eigenvalue weighted by Gasteiger charge is 2.21. The first-order chi connectivity index (χ1) is 36.1. The van der Waals surface area contributed by atoms with Gasteiger partial charge in [0.15, 0.2) is 5.82 Å². The van der Waals surface area contributed by atoms with Crippen molar-refractivity contribution in [3.63, 3.8) is 0 Å². The lowest BCUT2D eigenvalue weighted by Crippen LogP contribution is -2.10. The molecule has 57 heavy (non-hydrogen) atoms. The number of thiophene rings is 1. The summed E-state index contributed by atoms with van der Waals surface area (Å²) < 4.78 is 174. The van der Waals surface area contributed by atoms with Gasteiger partial charge in [0.25, 0.3) is 0 Å². The molecule has 266 valence electrons. The molecule has 0 aliphatic carbocycles. The lowest BCUT2D eigenvalue weighted by Gasteiger charge is -2.13. The molecule has 0 saturated heterocycles. The van der Waals surface area contributed by atoms with E-state index in [9.17, 15) is 9.60 Å². The lowest BCUT2D eigenvalue weighted by atomic mass is 10.0. The van der Waals surface area contributed by atoms with Gasteiger partial charge in [-0.25, -0.2) is 0 Å². The Hall–Kier alpha value is -7.41. The highest BCUT2D eigenvalue weighted by atomic mass is 32.1. The molecule has 0 aliphatic heterocycles. The zero-order valence-electron chi connectivity index (χ0n) is 48.1. The van der Waals surface area contributed by atoms with Gasteiger partial charge in [-0.15, -0.1) is 11.3 Å². The van der Waals surface area contributed by atoms with Crippen molar-refractivity contribution in [2.45, 2.75) is 0 Å². The topological polar surface area (TPSA) is 48.5 Å².